The van der Waals surface area contributed by atoms with Crippen molar-refractivity contribution in [1.82, 2.24) is 4.90 Å². The lowest BCUT2D eigenvalue weighted by molar-refractivity contribution is 0.166. The summed E-state index contributed by atoms with van der Waals surface area (Å²) in [7, 11) is 0. The summed E-state index contributed by atoms with van der Waals surface area (Å²) in [5, 5.41) is 0. The Bertz CT molecular complexity index is 142. The van der Waals surface area contributed by atoms with Crippen LogP contribution >= 0.6 is 11.8 Å². The van der Waals surface area contributed by atoms with Gasteiger partial charge < -0.3 is 10.6 Å². The van der Waals surface area contributed by atoms with Gasteiger partial charge in [-0.15, -0.1) is 0 Å². The number of likely N-dealkylation sites (tertiary alicyclic amines) is 1. The molecule has 1 saturated heterocycles. The zero-order valence-corrected chi connectivity index (χ0v) is 10.4. The van der Waals surface area contributed by atoms with E-state index in [9.17, 15) is 0 Å². The lowest BCUT2D eigenvalue weighted by Gasteiger charge is -2.34. The molecule has 2 nitrogen and oxygen atoms in total. The van der Waals surface area contributed by atoms with Gasteiger partial charge >= 0.3 is 0 Å². The molecule has 0 saturated carbocycles. The lowest BCUT2D eigenvalue weighted by atomic mass is 9.96. The van der Waals surface area contributed by atoms with Crippen LogP contribution < -0.4 is 5.73 Å². The maximum absolute atomic E-state index is 6.00. The van der Waals surface area contributed by atoms with Gasteiger partial charge in [-0.05, 0) is 36.8 Å². The largest absolute Gasteiger partial charge is 0.327 e. The summed E-state index contributed by atoms with van der Waals surface area (Å²) in [6.07, 6.45) is 2.53. The first-order valence-electron chi connectivity index (χ1n) is 5.78. The molecule has 0 spiro atoms. The van der Waals surface area contributed by atoms with Crippen molar-refractivity contribution in [1.29, 1.82) is 0 Å². The molecule has 2 N–H and O–H groups in total. The van der Waals surface area contributed by atoms with Crippen LogP contribution in [0.2, 0.25) is 0 Å². The van der Waals surface area contributed by atoms with E-state index in [1.807, 2.05) is 11.8 Å². The van der Waals surface area contributed by atoms with Gasteiger partial charge in [0.15, 0.2) is 0 Å². The van der Waals surface area contributed by atoms with E-state index in [1.165, 1.54) is 37.4 Å². The van der Waals surface area contributed by atoms with Gasteiger partial charge in [0, 0.05) is 19.1 Å². The molecule has 14 heavy (non-hydrogen) atoms. The van der Waals surface area contributed by atoms with Crippen LogP contribution in [0.5, 0.6) is 0 Å². The maximum Gasteiger partial charge on any atom is 0.0170 e. The summed E-state index contributed by atoms with van der Waals surface area (Å²) >= 11 is 2.04. The fraction of sp³-hybridized carbons (Fsp3) is 1.00. The van der Waals surface area contributed by atoms with Gasteiger partial charge in [-0.25, -0.2) is 0 Å². The summed E-state index contributed by atoms with van der Waals surface area (Å²) in [5.41, 5.74) is 6.00. The minimum atomic E-state index is 0.414. The highest BCUT2D eigenvalue weighted by Crippen LogP contribution is 2.15. The van der Waals surface area contributed by atoms with Crippen LogP contribution in [0.3, 0.4) is 0 Å². The molecule has 1 aliphatic rings. The number of nitrogens with zero attached hydrogens (tertiary/aromatic N) is 1. The van der Waals surface area contributed by atoms with E-state index in [-0.39, 0.29) is 0 Å². The molecule has 1 rings (SSSR count). The van der Waals surface area contributed by atoms with Crippen LogP contribution in [-0.4, -0.2) is 42.1 Å². The summed E-state index contributed by atoms with van der Waals surface area (Å²) in [6, 6.07) is 0.414. The number of nitrogens with two attached hydrogens (primary N) is 1. The molecule has 0 aromatic rings. The van der Waals surface area contributed by atoms with Gasteiger partial charge in [-0.2, -0.15) is 11.8 Å². The first-order valence-corrected chi connectivity index (χ1v) is 6.93. The first kappa shape index (κ1) is 12.3. The Labute approximate surface area is 92.6 Å². The molecular weight excluding hydrogens is 192 g/mol. The third kappa shape index (κ3) is 4.67. The molecule has 1 aliphatic heterocycles. The van der Waals surface area contributed by atoms with Gasteiger partial charge in [-0.3, -0.25) is 0 Å². The topological polar surface area (TPSA) is 29.3 Å². The predicted molar refractivity (Wildman–Crippen MR) is 65.8 cm³/mol. The third-order valence-corrected chi connectivity index (χ3v) is 3.72. The standard InChI is InChI=1S/C11H24N2S/c1-3-14-6-4-5-13-8-10(2)7-11(12)9-13/h10-11H,3-9,12H2,1-2H3. The summed E-state index contributed by atoms with van der Waals surface area (Å²) in [5.74, 6) is 3.34. The number of hydrogen-bond donors (Lipinski definition) is 1. The Morgan fingerprint density at radius 3 is 2.86 bits per heavy atom. The molecule has 1 fully saturated rings. The van der Waals surface area contributed by atoms with Crippen molar-refractivity contribution in [3.8, 4) is 0 Å². The van der Waals surface area contributed by atoms with Gasteiger partial charge in [0.05, 0.1) is 0 Å². The molecule has 0 aliphatic carbocycles. The Balaban J connectivity index is 2.10. The van der Waals surface area contributed by atoms with Gasteiger partial charge in [0.2, 0.25) is 0 Å². The van der Waals surface area contributed by atoms with E-state index in [0.717, 1.165) is 12.5 Å². The van der Waals surface area contributed by atoms with Crippen LogP contribution in [0, 0.1) is 5.92 Å². The summed E-state index contributed by atoms with van der Waals surface area (Å²) < 4.78 is 0. The highest BCUT2D eigenvalue weighted by atomic mass is 32.2. The Kier molecular flexibility index (Phi) is 5.90. The Hall–Kier alpha value is 0.270. The molecule has 0 radical (unpaired) electrons. The van der Waals surface area contributed by atoms with Crippen molar-refractivity contribution >= 4 is 11.8 Å². The highest BCUT2D eigenvalue weighted by Gasteiger charge is 2.21. The van der Waals surface area contributed by atoms with E-state index >= 15 is 0 Å². The fourth-order valence-electron chi connectivity index (χ4n) is 2.23. The van der Waals surface area contributed by atoms with Crippen LogP contribution in [0.25, 0.3) is 0 Å². The minimum Gasteiger partial charge on any atom is -0.327 e. The smallest absolute Gasteiger partial charge is 0.0170 e. The predicted octanol–water partition coefficient (Wildman–Crippen LogP) is 1.80. The normalized spacial score (nSPS) is 29.4. The second-order valence-corrected chi connectivity index (χ2v) is 5.80. The SMILES string of the molecule is CCSCCCN1CC(C)CC(N)C1. The van der Waals surface area contributed by atoms with E-state index in [0.29, 0.717) is 6.04 Å². The average Bonchev–Trinajstić information content (AvgIpc) is 2.11. The number of hydrogen-bond acceptors (Lipinski definition) is 3. The zero-order chi connectivity index (χ0) is 10.4. The number of piperidine rings is 1. The third-order valence-electron chi connectivity index (χ3n) is 2.73. The van der Waals surface area contributed by atoms with Crippen molar-refractivity contribution in [2.24, 2.45) is 11.7 Å². The quantitative estimate of drug-likeness (QED) is 0.711. The molecule has 1 heterocycles. The second kappa shape index (κ2) is 6.70. The molecule has 2 atom stereocenters. The first-order chi connectivity index (χ1) is 6.72. The fourth-order valence-corrected chi connectivity index (χ4v) is 2.85. The van der Waals surface area contributed by atoms with Crippen molar-refractivity contribution in [3.05, 3.63) is 0 Å². The van der Waals surface area contributed by atoms with Crippen LogP contribution in [-0.2, 0) is 0 Å². The maximum atomic E-state index is 6.00. The van der Waals surface area contributed by atoms with Gasteiger partial charge in [0.1, 0.15) is 0 Å². The van der Waals surface area contributed by atoms with Crippen LogP contribution in [0.15, 0.2) is 0 Å². The number of rotatable bonds is 5. The summed E-state index contributed by atoms with van der Waals surface area (Å²) in [4.78, 5) is 2.54. The van der Waals surface area contributed by atoms with E-state index in [2.05, 4.69) is 18.7 Å². The minimum absolute atomic E-state index is 0.414. The van der Waals surface area contributed by atoms with Crippen LogP contribution in [0.4, 0.5) is 0 Å². The molecular formula is C11H24N2S. The van der Waals surface area contributed by atoms with E-state index < -0.39 is 0 Å². The van der Waals surface area contributed by atoms with E-state index in [1.54, 1.807) is 0 Å². The van der Waals surface area contributed by atoms with Crippen molar-refractivity contribution in [3.63, 3.8) is 0 Å². The van der Waals surface area contributed by atoms with E-state index in [4.69, 9.17) is 5.73 Å². The molecule has 0 amide bonds. The average molecular weight is 216 g/mol. The van der Waals surface area contributed by atoms with Crippen molar-refractivity contribution < 1.29 is 0 Å². The lowest BCUT2D eigenvalue weighted by Crippen LogP contribution is -2.46. The zero-order valence-electron chi connectivity index (χ0n) is 9.54. The van der Waals surface area contributed by atoms with Crippen molar-refractivity contribution in [2.45, 2.75) is 32.7 Å². The summed E-state index contributed by atoms with van der Waals surface area (Å²) in [6.45, 7) is 8.15. The molecule has 84 valence electrons. The molecule has 0 bridgehead atoms. The monoisotopic (exact) mass is 216 g/mol. The Morgan fingerprint density at radius 1 is 1.43 bits per heavy atom. The Morgan fingerprint density at radius 2 is 2.21 bits per heavy atom. The van der Waals surface area contributed by atoms with Gasteiger partial charge in [0.25, 0.3) is 0 Å². The molecule has 0 aromatic carbocycles. The molecule has 3 heteroatoms. The second-order valence-electron chi connectivity index (χ2n) is 4.41. The van der Waals surface area contributed by atoms with Crippen molar-refractivity contribution in [2.75, 3.05) is 31.1 Å². The van der Waals surface area contributed by atoms with Crippen LogP contribution in [0.1, 0.15) is 26.7 Å². The number of thioether (sulfide) groups is 1. The highest BCUT2D eigenvalue weighted by molar-refractivity contribution is 7.99. The molecule has 0 aromatic heterocycles. The molecule has 2 unspecified atom stereocenters. The van der Waals surface area contributed by atoms with Gasteiger partial charge in [-0.1, -0.05) is 13.8 Å².